The van der Waals surface area contributed by atoms with Gasteiger partial charge in [-0.25, -0.2) is 8.78 Å². The van der Waals surface area contributed by atoms with Crippen LogP contribution < -0.4 is 4.74 Å². The molecule has 0 unspecified atom stereocenters. The van der Waals surface area contributed by atoms with Gasteiger partial charge in [-0.3, -0.25) is 4.79 Å². The standard InChI is InChI=1S/C11H10F4O2/c1-6(16)4-7-2-3-8(10(12)13)5-9(7)17-11(14)15/h2-3,5,10-11H,4H2,1H3. The number of hydrogen-bond acceptors (Lipinski definition) is 2. The number of ketones is 1. The molecule has 0 N–H and O–H groups in total. The lowest BCUT2D eigenvalue weighted by Crippen LogP contribution is -2.07. The van der Waals surface area contributed by atoms with Crippen molar-refractivity contribution in [1.29, 1.82) is 0 Å². The van der Waals surface area contributed by atoms with Crippen LogP contribution in [-0.4, -0.2) is 12.4 Å². The SMILES string of the molecule is CC(=O)Cc1ccc(C(F)F)cc1OC(F)F. The van der Waals surface area contributed by atoms with Crippen LogP contribution in [0, 0.1) is 0 Å². The van der Waals surface area contributed by atoms with Gasteiger partial charge in [-0.2, -0.15) is 8.78 Å². The van der Waals surface area contributed by atoms with Crippen LogP contribution in [0.25, 0.3) is 0 Å². The van der Waals surface area contributed by atoms with Crippen molar-refractivity contribution >= 4 is 5.78 Å². The van der Waals surface area contributed by atoms with Crippen molar-refractivity contribution in [3.05, 3.63) is 29.3 Å². The molecule has 0 saturated carbocycles. The minimum absolute atomic E-state index is 0.133. The number of Topliss-reactive ketones (excluding diaryl/α,β-unsaturated/α-hetero) is 1. The van der Waals surface area contributed by atoms with Gasteiger partial charge in [0.1, 0.15) is 11.5 Å². The van der Waals surface area contributed by atoms with Gasteiger partial charge in [0.15, 0.2) is 0 Å². The fraction of sp³-hybridized carbons (Fsp3) is 0.364. The highest BCUT2D eigenvalue weighted by molar-refractivity contribution is 5.79. The number of rotatable bonds is 5. The van der Waals surface area contributed by atoms with E-state index in [-0.39, 0.29) is 23.5 Å². The van der Waals surface area contributed by atoms with Gasteiger partial charge in [-0.15, -0.1) is 0 Å². The molecule has 2 nitrogen and oxygen atoms in total. The van der Waals surface area contributed by atoms with Gasteiger partial charge in [0, 0.05) is 17.5 Å². The van der Waals surface area contributed by atoms with Crippen LogP contribution in [0.15, 0.2) is 18.2 Å². The number of hydrogen-bond donors (Lipinski definition) is 0. The van der Waals surface area contributed by atoms with E-state index >= 15 is 0 Å². The first kappa shape index (κ1) is 13.5. The molecule has 0 fully saturated rings. The lowest BCUT2D eigenvalue weighted by Gasteiger charge is -2.11. The van der Waals surface area contributed by atoms with E-state index in [0.717, 1.165) is 12.1 Å². The van der Waals surface area contributed by atoms with E-state index in [1.165, 1.54) is 13.0 Å². The monoisotopic (exact) mass is 250 g/mol. The first-order valence-corrected chi connectivity index (χ1v) is 4.75. The van der Waals surface area contributed by atoms with Gasteiger partial charge in [0.2, 0.25) is 0 Å². The molecule has 0 aliphatic rings. The Kier molecular flexibility index (Phi) is 4.48. The molecule has 0 saturated heterocycles. The summed E-state index contributed by atoms with van der Waals surface area (Å²) in [5.41, 5.74) is -0.254. The molecule has 1 aromatic rings. The smallest absolute Gasteiger partial charge is 0.387 e. The summed E-state index contributed by atoms with van der Waals surface area (Å²) in [6.45, 7) is -1.85. The van der Waals surface area contributed by atoms with E-state index in [1.54, 1.807) is 0 Å². The highest BCUT2D eigenvalue weighted by atomic mass is 19.3. The van der Waals surface area contributed by atoms with Crippen LogP contribution in [0.4, 0.5) is 17.6 Å². The molecule has 0 aromatic heterocycles. The van der Waals surface area contributed by atoms with Gasteiger partial charge in [-0.1, -0.05) is 12.1 Å². The zero-order valence-electron chi connectivity index (χ0n) is 8.92. The normalized spacial score (nSPS) is 11.0. The maximum Gasteiger partial charge on any atom is 0.387 e. The van der Waals surface area contributed by atoms with Crippen LogP contribution in [0.2, 0.25) is 0 Å². The van der Waals surface area contributed by atoms with Crippen LogP contribution in [0.1, 0.15) is 24.5 Å². The third-order valence-corrected chi connectivity index (χ3v) is 2.00. The number of carbonyl (C=O) groups is 1. The molecule has 6 heteroatoms. The Bertz CT molecular complexity index is 404. The van der Waals surface area contributed by atoms with E-state index in [9.17, 15) is 22.4 Å². The Morgan fingerprint density at radius 2 is 1.94 bits per heavy atom. The summed E-state index contributed by atoms with van der Waals surface area (Å²) in [5, 5.41) is 0. The first-order valence-electron chi connectivity index (χ1n) is 4.75. The average Bonchev–Trinajstić information content (AvgIpc) is 2.18. The third-order valence-electron chi connectivity index (χ3n) is 2.00. The van der Waals surface area contributed by atoms with Gasteiger partial charge < -0.3 is 4.74 Å². The number of ether oxygens (including phenoxy) is 1. The van der Waals surface area contributed by atoms with Gasteiger partial charge in [-0.05, 0) is 13.0 Å². The zero-order valence-corrected chi connectivity index (χ0v) is 8.92. The lowest BCUT2D eigenvalue weighted by atomic mass is 10.1. The van der Waals surface area contributed by atoms with Crippen LogP contribution >= 0.6 is 0 Å². The fourth-order valence-corrected chi connectivity index (χ4v) is 1.33. The maximum absolute atomic E-state index is 12.4. The van der Waals surface area contributed by atoms with Crippen molar-refractivity contribution in [2.45, 2.75) is 26.4 Å². The molecule has 0 aliphatic carbocycles. The number of halogens is 4. The second kappa shape index (κ2) is 5.65. The predicted molar refractivity (Wildman–Crippen MR) is 52.4 cm³/mol. The zero-order chi connectivity index (χ0) is 13.0. The van der Waals surface area contributed by atoms with E-state index in [0.29, 0.717) is 0 Å². The minimum Gasteiger partial charge on any atom is -0.435 e. The molecule has 94 valence electrons. The summed E-state index contributed by atoms with van der Waals surface area (Å²) in [7, 11) is 0. The summed E-state index contributed by atoms with van der Waals surface area (Å²) in [5.74, 6) is -0.651. The molecule has 1 rings (SSSR count). The Morgan fingerprint density at radius 3 is 2.41 bits per heavy atom. The second-order valence-corrected chi connectivity index (χ2v) is 3.43. The van der Waals surface area contributed by atoms with Crippen LogP contribution in [-0.2, 0) is 11.2 Å². The van der Waals surface area contributed by atoms with Crippen LogP contribution in [0.5, 0.6) is 5.75 Å². The molecule has 0 radical (unpaired) electrons. The number of alkyl halides is 4. The van der Waals surface area contributed by atoms with E-state index in [2.05, 4.69) is 4.74 Å². The van der Waals surface area contributed by atoms with Crippen molar-refractivity contribution in [3.63, 3.8) is 0 Å². The fourth-order valence-electron chi connectivity index (χ4n) is 1.33. The topological polar surface area (TPSA) is 26.3 Å². The third kappa shape index (κ3) is 4.05. The Labute approximate surface area is 95.2 Å². The summed E-state index contributed by atoms with van der Waals surface area (Å²) < 4.78 is 53.0. The van der Waals surface area contributed by atoms with Gasteiger partial charge in [0.05, 0.1) is 0 Å². The summed E-state index contributed by atoms with van der Waals surface area (Å²) >= 11 is 0. The van der Waals surface area contributed by atoms with Crippen molar-refractivity contribution in [1.82, 2.24) is 0 Å². The molecule has 0 atom stereocenters. The van der Waals surface area contributed by atoms with E-state index < -0.39 is 18.6 Å². The molecule has 0 spiro atoms. The van der Waals surface area contributed by atoms with E-state index in [4.69, 9.17) is 0 Å². The van der Waals surface area contributed by atoms with Gasteiger partial charge >= 0.3 is 6.61 Å². The Morgan fingerprint density at radius 1 is 1.29 bits per heavy atom. The molecule has 0 bridgehead atoms. The quantitative estimate of drug-likeness (QED) is 0.749. The lowest BCUT2D eigenvalue weighted by molar-refractivity contribution is -0.116. The molecule has 1 aromatic carbocycles. The second-order valence-electron chi connectivity index (χ2n) is 3.43. The highest BCUT2D eigenvalue weighted by Crippen LogP contribution is 2.28. The summed E-state index contributed by atoms with van der Waals surface area (Å²) in [4.78, 5) is 10.9. The molecule has 0 amide bonds. The minimum atomic E-state index is -3.12. The van der Waals surface area contributed by atoms with Gasteiger partial charge in [0.25, 0.3) is 6.43 Å². The maximum atomic E-state index is 12.4. The predicted octanol–water partition coefficient (Wildman–Crippen LogP) is 3.36. The van der Waals surface area contributed by atoms with Crippen LogP contribution in [0.3, 0.4) is 0 Å². The van der Waals surface area contributed by atoms with Crippen molar-refractivity contribution < 1.29 is 27.1 Å². The first-order chi connectivity index (χ1) is 7.90. The number of benzene rings is 1. The van der Waals surface area contributed by atoms with Crippen molar-refractivity contribution in [2.75, 3.05) is 0 Å². The van der Waals surface area contributed by atoms with E-state index in [1.807, 2.05) is 0 Å². The van der Waals surface area contributed by atoms with Crippen molar-refractivity contribution in [2.24, 2.45) is 0 Å². The Balaban J connectivity index is 3.07. The average molecular weight is 250 g/mol. The largest absolute Gasteiger partial charge is 0.435 e. The summed E-state index contributed by atoms with van der Waals surface area (Å²) in [6.07, 6.45) is -2.91. The Hall–Kier alpha value is -1.59. The molecule has 0 heterocycles. The molecule has 17 heavy (non-hydrogen) atoms. The molecular weight excluding hydrogens is 240 g/mol. The molecule has 0 aliphatic heterocycles. The highest BCUT2D eigenvalue weighted by Gasteiger charge is 2.15. The summed E-state index contributed by atoms with van der Waals surface area (Å²) in [6, 6.07) is 3.11. The number of carbonyl (C=O) groups excluding carboxylic acids is 1. The van der Waals surface area contributed by atoms with Crippen molar-refractivity contribution in [3.8, 4) is 5.75 Å². The molecular formula is C11H10F4O2.